The molecule has 0 saturated heterocycles. The average Bonchev–Trinajstić information content (AvgIpc) is 3.34. The van der Waals surface area contributed by atoms with E-state index in [-0.39, 0.29) is 11.9 Å². The molecule has 0 bridgehead atoms. The van der Waals surface area contributed by atoms with Crippen molar-refractivity contribution in [2.75, 3.05) is 6.54 Å². The van der Waals surface area contributed by atoms with E-state index in [0.29, 0.717) is 17.8 Å². The Morgan fingerprint density at radius 1 is 1.25 bits per heavy atom. The van der Waals surface area contributed by atoms with Gasteiger partial charge >= 0.3 is 0 Å². The fourth-order valence-corrected chi connectivity index (χ4v) is 5.00. The van der Waals surface area contributed by atoms with Crippen LogP contribution in [0.25, 0.3) is 21.5 Å². The molecule has 0 aliphatic heterocycles. The number of aromatic amines is 1. The van der Waals surface area contributed by atoms with E-state index in [1.165, 1.54) is 11.3 Å². The van der Waals surface area contributed by atoms with Crippen LogP contribution in [0.5, 0.6) is 0 Å². The number of thiophene rings is 1. The summed E-state index contributed by atoms with van der Waals surface area (Å²) in [4.78, 5) is 21.9. The molecule has 1 amide bonds. The van der Waals surface area contributed by atoms with E-state index in [1.54, 1.807) is 6.20 Å². The number of H-pyrrole nitrogens is 1. The fourth-order valence-electron chi connectivity index (χ4n) is 3.17. The number of amides is 1. The number of nitrogens with two attached hydrogens (primary N) is 1. The minimum Gasteiger partial charge on any atom is -0.347 e. The van der Waals surface area contributed by atoms with Gasteiger partial charge in [-0.25, -0.2) is 4.98 Å². The molecule has 0 fully saturated rings. The summed E-state index contributed by atoms with van der Waals surface area (Å²) in [5.74, 6) is -0.109. The minimum absolute atomic E-state index is 0.109. The zero-order chi connectivity index (χ0) is 19.5. The Kier molecular flexibility index (Phi) is 5.57. The maximum atomic E-state index is 12.8. The Morgan fingerprint density at radius 3 is 2.86 bits per heavy atom. The Bertz CT molecular complexity index is 1110. The van der Waals surface area contributed by atoms with Gasteiger partial charge in [0.05, 0.1) is 9.75 Å². The second kappa shape index (κ2) is 8.26. The summed E-state index contributed by atoms with van der Waals surface area (Å²) in [5.41, 5.74) is 8.92. The molecule has 5 nitrogen and oxygen atoms in total. The molecule has 0 aliphatic carbocycles. The molecule has 0 aliphatic rings. The molecule has 142 valence electrons. The lowest BCUT2D eigenvalue weighted by Gasteiger charge is -2.16. The quantitative estimate of drug-likeness (QED) is 0.404. The highest BCUT2D eigenvalue weighted by Crippen LogP contribution is 2.39. The van der Waals surface area contributed by atoms with Crippen molar-refractivity contribution in [3.05, 3.63) is 75.8 Å². The molecule has 0 unspecified atom stereocenters. The molecule has 4 rings (SSSR count). The fraction of sp³-hybridized carbons (Fsp3) is 0.143. The lowest BCUT2D eigenvalue weighted by atomic mass is 10.1. The van der Waals surface area contributed by atoms with Gasteiger partial charge in [0.1, 0.15) is 5.65 Å². The van der Waals surface area contributed by atoms with E-state index in [4.69, 9.17) is 5.73 Å². The topological polar surface area (TPSA) is 83.8 Å². The molecule has 7 heteroatoms. The van der Waals surface area contributed by atoms with Crippen LogP contribution in [0.3, 0.4) is 0 Å². The minimum atomic E-state index is -0.114. The van der Waals surface area contributed by atoms with Crippen LogP contribution in [0.2, 0.25) is 0 Å². The van der Waals surface area contributed by atoms with E-state index < -0.39 is 0 Å². The van der Waals surface area contributed by atoms with Crippen LogP contribution < -0.4 is 11.1 Å². The SMILES string of the molecule is NC[C@H](Cc1ccccc1)NC(=O)c1cc(Br)c(-c2ccnc3[nH]ccc23)s1. The number of benzene rings is 1. The molecule has 4 aromatic rings. The van der Waals surface area contributed by atoms with Crippen molar-refractivity contribution in [3.63, 3.8) is 0 Å². The number of nitrogens with one attached hydrogen (secondary N) is 2. The third-order valence-corrected chi connectivity index (χ3v) is 6.61. The van der Waals surface area contributed by atoms with Gasteiger partial charge < -0.3 is 16.0 Å². The van der Waals surface area contributed by atoms with E-state index in [2.05, 4.69) is 31.2 Å². The Morgan fingerprint density at radius 2 is 2.07 bits per heavy atom. The summed E-state index contributed by atoms with van der Waals surface area (Å²) in [6, 6.07) is 15.8. The van der Waals surface area contributed by atoms with Crippen molar-refractivity contribution in [3.8, 4) is 10.4 Å². The first-order chi connectivity index (χ1) is 13.7. The van der Waals surface area contributed by atoms with Gasteiger partial charge in [0, 0.05) is 40.4 Å². The Balaban J connectivity index is 1.56. The van der Waals surface area contributed by atoms with Crippen LogP contribution in [0, 0.1) is 0 Å². The summed E-state index contributed by atoms with van der Waals surface area (Å²) in [5, 5.41) is 4.09. The van der Waals surface area contributed by atoms with E-state index in [9.17, 15) is 4.79 Å². The number of carbonyl (C=O) groups excluding carboxylic acids is 1. The van der Waals surface area contributed by atoms with E-state index >= 15 is 0 Å². The molecule has 1 atom stereocenters. The molecule has 0 spiro atoms. The molecule has 28 heavy (non-hydrogen) atoms. The normalized spacial score (nSPS) is 12.2. The largest absolute Gasteiger partial charge is 0.347 e. The second-order valence-electron chi connectivity index (χ2n) is 6.48. The monoisotopic (exact) mass is 454 g/mol. The van der Waals surface area contributed by atoms with Crippen LogP contribution >= 0.6 is 27.3 Å². The third kappa shape index (κ3) is 3.87. The highest BCUT2D eigenvalue weighted by Gasteiger charge is 2.19. The summed E-state index contributed by atoms with van der Waals surface area (Å²) in [6.07, 6.45) is 4.34. The maximum absolute atomic E-state index is 12.8. The molecule has 0 saturated carbocycles. The first-order valence-corrected chi connectivity index (χ1v) is 10.5. The van der Waals surface area contributed by atoms with Crippen LogP contribution in [-0.4, -0.2) is 28.5 Å². The number of hydrogen-bond acceptors (Lipinski definition) is 4. The summed E-state index contributed by atoms with van der Waals surface area (Å²) in [7, 11) is 0. The average molecular weight is 455 g/mol. The molecule has 3 aromatic heterocycles. The highest BCUT2D eigenvalue weighted by atomic mass is 79.9. The predicted octanol–water partition coefficient (Wildman–Crippen LogP) is 4.35. The highest BCUT2D eigenvalue weighted by molar-refractivity contribution is 9.10. The smallest absolute Gasteiger partial charge is 0.261 e. The summed E-state index contributed by atoms with van der Waals surface area (Å²) < 4.78 is 0.892. The molecule has 4 N–H and O–H groups in total. The van der Waals surface area contributed by atoms with Crippen LogP contribution in [0.1, 0.15) is 15.2 Å². The van der Waals surface area contributed by atoms with Gasteiger partial charge in [-0.15, -0.1) is 11.3 Å². The van der Waals surface area contributed by atoms with Crippen molar-refractivity contribution < 1.29 is 4.79 Å². The van der Waals surface area contributed by atoms with Gasteiger partial charge in [-0.05, 0) is 46.1 Å². The molecular formula is C21H19BrN4OS. The van der Waals surface area contributed by atoms with Crippen molar-refractivity contribution in [2.24, 2.45) is 5.73 Å². The van der Waals surface area contributed by atoms with Gasteiger partial charge in [-0.2, -0.15) is 0 Å². The number of aromatic nitrogens is 2. The first kappa shape index (κ1) is 18.9. The summed E-state index contributed by atoms with van der Waals surface area (Å²) >= 11 is 5.06. The lowest BCUT2D eigenvalue weighted by molar-refractivity contribution is 0.0942. The van der Waals surface area contributed by atoms with E-state index in [0.717, 1.165) is 31.5 Å². The Hall–Kier alpha value is -2.48. The molecular weight excluding hydrogens is 436 g/mol. The zero-order valence-corrected chi connectivity index (χ0v) is 17.4. The zero-order valence-electron chi connectivity index (χ0n) is 15.0. The number of carbonyl (C=O) groups is 1. The van der Waals surface area contributed by atoms with Crippen LogP contribution in [-0.2, 0) is 6.42 Å². The van der Waals surface area contributed by atoms with Crippen molar-refractivity contribution >= 4 is 44.2 Å². The molecule has 0 radical (unpaired) electrons. The molecule has 3 heterocycles. The summed E-state index contributed by atoms with van der Waals surface area (Å²) in [6.45, 7) is 0.383. The van der Waals surface area contributed by atoms with Crippen molar-refractivity contribution in [1.29, 1.82) is 0 Å². The van der Waals surface area contributed by atoms with Crippen molar-refractivity contribution in [1.82, 2.24) is 15.3 Å². The number of hydrogen-bond donors (Lipinski definition) is 3. The first-order valence-electron chi connectivity index (χ1n) is 8.92. The number of nitrogens with zero attached hydrogens (tertiary/aromatic N) is 1. The van der Waals surface area contributed by atoms with Gasteiger partial charge in [0.25, 0.3) is 5.91 Å². The second-order valence-corrected chi connectivity index (χ2v) is 8.39. The standard InChI is InChI=1S/C21H19BrN4OS/c22-17-11-18(21(27)26-14(12-23)10-13-4-2-1-3-5-13)28-19(17)15-6-8-24-20-16(15)7-9-25-20/h1-9,11,14H,10,12,23H2,(H,24,25)(H,26,27)/t14-/m0/s1. The van der Waals surface area contributed by atoms with E-state index in [1.807, 2.05) is 54.7 Å². The number of rotatable bonds is 6. The number of fused-ring (bicyclic) bond motifs is 1. The lowest BCUT2D eigenvalue weighted by Crippen LogP contribution is -2.41. The van der Waals surface area contributed by atoms with Crippen LogP contribution in [0.4, 0.5) is 0 Å². The van der Waals surface area contributed by atoms with Crippen molar-refractivity contribution in [2.45, 2.75) is 12.5 Å². The van der Waals surface area contributed by atoms with Gasteiger partial charge in [0.2, 0.25) is 0 Å². The third-order valence-electron chi connectivity index (χ3n) is 4.56. The number of pyridine rings is 1. The number of halogens is 1. The van der Waals surface area contributed by atoms with Gasteiger partial charge in [0.15, 0.2) is 0 Å². The van der Waals surface area contributed by atoms with Crippen LogP contribution in [0.15, 0.2) is 65.4 Å². The maximum Gasteiger partial charge on any atom is 0.261 e. The molecule has 1 aromatic carbocycles. The van der Waals surface area contributed by atoms with Gasteiger partial charge in [-0.3, -0.25) is 4.79 Å². The predicted molar refractivity (Wildman–Crippen MR) is 118 cm³/mol. The van der Waals surface area contributed by atoms with Gasteiger partial charge in [-0.1, -0.05) is 30.3 Å². The Labute approximate surface area is 175 Å².